The topological polar surface area (TPSA) is 119 Å². The number of carboxylic acids is 1. The summed E-state index contributed by atoms with van der Waals surface area (Å²) in [6.07, 6.45) is 6.26. The second-order valence-corrected chi connectivity index (χ2v) is 9.02. The molecule has 2 heterocycles. The Balaban J connectivity index is 0.000000785. The zero-order chi connectivity index (χ0) is 23.0. The lowest BCUT2D eigenvalue weighted by Gasteiger charge is -2.36. The normalized spacial score (nSPS) is 23.2. The average molecular weight is 438 g/mol. The number of aryl methyl sites for hydroxylation is 1. The van der Waals surface area contributed by atoms with Gasteiger partial charge in [-0.1, -0.05) is 20.8 Å². The molecule has 3 atom stereocenters. The maximum absolute atomic E-state index is 13.0. The number of carboxylic acid groups (broad SMARTS) is 1. The van der Waals surface area contributed by atoms with Crippen molar-refractivity contribution in [3.63, 3.8) is 0 Å². The highest BCUT2D eigenvalue weighted by atomic mass is 16.5. The van der Waals surface area contributed by atoms with E-state index in [-0.39, 0.29) is 24.0 Å². The molecule has 176 valence electrons. The Labute approximate surface area is 185 Å². The number of ether oxygens (including phenoxy) is 1. The van der Waals surface area contributed by atoms with Gasteiger partial charge >= 0.3 is 0 Å². The molecule has 0 radical (unpaired) electrons. The quantitative estimate of drug-likeness (QED) is 0.672. The minimum absolute atomic E-state index is 0.00957. The minimum Gasteiger partial charge on any atom is -0.481 e. The molecule has 1 aliphatic carbocycles. The number of fused-ring (bicyclic) bond motifs is 1. The van der Waals surface area contributed by atoms with Gasteiger partial charge in [-0.3, -0.25) is 9.59 Å². The Morgan fingerprint density at radius 2 is 2.06 bits per heavy atom. The third-order valence-electron chi connectivity index (χ3n) is 5.74. The molecule has 1 aromatic heterocycles. The van der Waals surface area contributed by atoms with Crippen molar-refractivity contribution in [1.29, 1.82) is 0 Å². The van der Waals surface area contributed by atoms with E-state index in [0.717, 1.165) is 75.8 Å². The molecule has 0 bridgehead atoms. The highest BCUT2D eigenvalue weighted by Crippen LogP contribution is 2.29. The molecule has 1 saturated carbocycles. The van der Waals surface area contributed by atoms with Gasteiger partial charge in [-0.15, -0.1) is 0 Å². The van der Waals surface area contributed by atoms with Crippen molar-refractivity contribution in [3.8, 4) is 0 Å². The van der Waals surface area contributed by atoms with Gasteiger partial charge < -0.3 is 24.9 Å². The molecule has 8 nitrogen and oxygen atoms in total. The second kappa shape index (κ2) is 12.2. The molecule has 0 unspecified atom stereocenters. The van der Waals surface area contributed by atoms with E-state index in [1.165, 1.54) is 0 Å². The van der Waals surface area contributed by atoms with Crippen LogP contribution in [0.1, 0.15) is 77.1 Å². The summed E-state index contributed by atoms with van der Waals surface area (Å²) in [5.74, 6) is 1.81. The van der Waals surface area contributed by atoms with E-state index in [1.54, 1.807) is 0 Å². The number of rotatable bonds is 7. The van der Waals surface area contributed by atoms with E-state index < -0.39 is 5.97 Å². The molecule has 3 N–H and O–H groups in total. The maximum Gasteiger partial charge on any atom is 0.300 e. The lowest BCUT2D eigenvalue weighted by atomic mass is 9.83. The van der Waals surface area contributed by atoms with Crippen LogP contribution >= 0.6 is 0 Å². The third-order valence-corrected chi connectivity index (χ3v) is 5.74. The largest absolute Gasteiger partial charge is 0.481 e. The van der Waals surface area contributed by atoms with Crippen LogP contribution in [0.5, 0.6) is 0 Å². The number of carbonyl (C=O) groups excluding carboxylic acids is 1. The highest BCUT2D eigenvalue weighted by molar-refractivity contribution is 5.79. The molecule has 1 aromatic rings. The SMILES string of the molecule is CC(=O)O.CCCO[C@@H]1CC[C@H](C(=O)N2CCc3oc(CCC(C)C)nc3C2)C[C@H]1N. The fourth-order valence-corrected chi connectivity index (χ4v) is 4.10. The highest BCUT2D eigenvalue weighted by Gasteiger charge is 2.36. The van der Waals surface area contributed by atoms with Crippen molar-refractivity contribution in [1.82, 2.24) is 9.88 Å². The first-order valence-corrected chi connectivity index (χ1v) is 11.5. The Bertz CT molecular complexity index is 714. The third kappa shape index (κ3) is 7.92. The first-order chi connectivity index (χ1) is 14.7. The summed E-state index contributed by atoms with van der Waals surface area (Å²) in [6, 6.07) is -0.0470. The van der Waals surface area contributed by atoms with E-state index in [0.29, 0.717) is 19.0 Å². The van der Waals surface area contributed by atoms with Crippen LogP contribution in [0, 0.1) is 11.8 Å². The fourth-order valence-electron chi connectivity index (χ4n) is 4.10. The summed E-state index contributed by atoms with van der Waals surface area (Å²) in [5, 5.41) is 7.42. The van der Waals surface area contributed by atoms with Gasteiger partial charge in [-0.25, -0.2) is 4.98 Å². The number of nitrogens with two attached hydrogens (primary N) is 1. The van der Waals surface area contributed by atoms with Crippen LogP contribution < -0.4 is 5.73 Å². The van der Waals surface area contributed by atoms with Gasteiger partial charge in [0.1, 0.15) is 11.5 Å². The van der Waals surface area contributed by atoms with Crippen molar-refractivity contribution in [3.05, 3.63) is 17.3 Å². The number of hydrogen-bond acceptors (Lipinski definition) is 6. The van der Waals surface area contributed by atoms with Gasteiger partial charge in [-0.2, -0.15) is 0 Å². The van der Waals surface area contributed by atoms with Gasteiger partial charge in [-0.05, 0) is 38.0 Å². The van der Waals surface area contributed by atoms with Crippen LogP contribution in [0.2, 0.25) is 0 Å². The second-order valence-electron chi connectivity index (χ2n) is 9.02. The van der Waals surface area contributed by atoms with Crippen LogP contribution in [0.4, 0.5) is 0 Å². The monoisotopic (exact) mass is 437 g/mol. The van der Waals surface area contributed by atoms with Crippen molar-refractivity contribution < 1.29 is 23.8 Å². The smallest absolute Gasteiger partial charge is 0.300 e. The molecule has 0 spiro atoms. The number of carbonyl (C=O) groups is 2. The summed E-state index contributed by atoms with van der Waals surface area (Å²) >= 11 is 0. The first kappa shape index (κ1) is 25.3. The van der Waals surface area contributed by atoms with E-state index >= 15 is 0 Å². The summed E-state index contributed by atoms with van der Waals surface area (Å²) in [4.78, 5) is 28.6. The van der Waals surface area contributed by atoms with E-state index in [4.69, 9.17) is 24.8 Å². The van der Waals surface area contributed by atoms with Crippen LogP contribution in [-0.4, -0.2) is 52.2 Å². The number of nitrogens with zero attached hydrogens (tertiary/aromatic N) is 2. The lowest BCUT2D eigenvalue weighted by molar-refractivity contribution is -0.139. The van der Waals surface area contributed by atoms with E-state index in [2.05, 4.69) is 25.8 Å². The maximum atomic E-state index is 13.0. The van der Waals surface area contributed by atoms with Crippen LogP contribution in [0.25, 0.3) is 0 Å². The van der Waals surface area contributed by atoms with Crippen molar-refractivity contribution >= 4 is 11.9 Å². The molecular formula is C23H39N3O5. The first-order valence-electron chi connectivity index (χ1n) is 11.5. The van der Waals surface area contributed by atoms with Crippen molar-refractivity contribution in [2.75, 3.05) is 13.2 Å². The standard InChI is InChI=1S/C21H35N3O3.C2H4O2/c1-4-11-26-18-7-6-15(12-16(18)22)21(25)24-10-9-19-17(13-24)23-20(27-19)8-5-14(2)3;1-2(3)4/h14-16,18H,4-13,22H2,1-3H3;1H3,(H,3,4)/t15-,16+,18+;/m0./s1. The van der Waals surface area contributed by atoms with Gasteiger partial charge in [0.25, 0.3) is 5.97 Å². The predicted molar refractivity (Wildman–Crippen MR) is 117 cm³/mol. The van der Waals surface area contributed by atoms with Crippen LogP contribution in [0.15, 0.2) is 4.42 Å². The Morgan fingerprint density at radius 1 is 1.35 bits per heavy atom. The molecule has 2 aliphatic rings. The van der Waals surface area contributed by atoms with Crippen molar-refractivity contribution in [2.45, 2.75) is 91.3 Å². The summed E-state index contributed by atoms with van der Waals surface area (Å²) < 4.78 is 11.7. The number of aliphatic carboxylic acids is 1. The molecular weight excluding hydrogens is 398 g/mol. The number of oxazole rings is 1. The molecule has 1 aliphatic heterocycles. The number of hydrogen-bond donors (Lipinski definition) is 2. The number of amides is 1. The zero-order valence-corrected chi connectivity index (χ0v) is 19.4. The van der Waals surface area contributed by atoms with Gasteiger partial charge in [0.2, 0.25) is 5.91 Å². The van der Waals surface area contributed by atoms with E-state index in [9.17, 15) is 4.79 Å². The molecule has 1 fully saturated rings. The zero-order valence-electron chi connectivity index (χ0n) is 19.4. The predicted octanol–water partition coefficient (Wildman–Crippen LogP) is 3.16. The van der Waals surface area contributed by atoms with Gasteiger partial charge in [0.15, 0.2) is 5.89 Å². The molecule has 1 amide bonds. The average Bonchev–Trinajstić information content (AvgIpc) is 3.12. The summed E-state index contributed by atoms with van der Waals surface area (Å²) in [5.41, 5.74) is 7.23. The Kier molecular flexibility index (Phi) is 9.96. The fraction of sp³-hybridized carbons (Fsp3) is 0.783. The molecule has 8 heteroatoms. The van der Waals surface area contributed by atoms with Crippen LogP contribution in [0.3, 0.4) is 0 Å². The Morgan fingerprint density at radius 3 is 2.68 bits per heavy atom. The van der Waals surface area contributed by atoms with E-state index in [1.807, 2.05) is 4.90 Å². The lowest BCUT2D eigenvalue weighted by Crippen LogP contribution is -2.48. The number of aromatic nitrogens is 1. The minimum atomic E-state index is -0.833. The van der Waals surface area contributed by atoms with Crippen molar-refractivity contribution in [2.24, 2.45) is 17.6 Å². The van der Waals surface area contributed by atoms with Gasteiger partial charge in [0, 0.05) is 44.9 Å². The molecule has 0 saturated heterocycles. The summed E-state index contributed by atoms with van der Waals surface area (Å²) in [6.45, 7) is 9.62. The molecule has 0 aromatic carbocycles. The molecule has 31 heavy (non-hydrogen) atoms. The Hall–Kier alpha value is -1.93. The van der Waals surface area contributed by atoms with Gasteiger partial charge in [0.05, 0.1) is 12.6 Å². The summed E-state index contributed by atoms with van der Waals surface area (Å²) in [7, 11) is 0. The van der Waals surface area contributed by atoms with Crippen LogP contribution in [-0.2, 0) is 33.7 Å². The molecule has 3 rings (SSSR count).